The third-order valence-electron chi connectivity index (χ3n) is 10.5. The summed E-state index contributed by atoms with van der Waals surface area (Å²) in [5, 5.41) is 13.8. The van der Waals surface area contributed by atoms with Gasteiger partial charge in [-0.15, -0.1) is 0 Å². The number of fused-ring (bicyclic) bond motifs is 1. The van der Waals surface area contributed by atoms with E-state index in [0.717, 1.165) is 104 Å². The number of hydrogen-bond acceptors (Lipinski definition) is 6. The summed E-state index contributed by atoms with van der Waals surface area (Å²) in [5.74, 6) is 2.11. The van der Waals surface area contributed by atoms with E-state index in [1.807, 2.05) is 12.1 Å². The minimum absolute atomic E-state index is 0.122. The van der Waals surface area contributed by atoms with Crippen LogP contribution in [0, 0.1) is 29.1 Å². The van der Waals surface area contributed by atoms with Gasteiger partial charge in [0.25, 0.3) is 0 Å². The number of carbonyl (C=O) groups is 2. The van der Waals surface area contributed by atoms with Crippen molar-refractivity contribution in [2.75, 3.05) is 13.1 Å². The van der Waals surface area contributed by atoms with Crippen LogP contribution in [0.3, 0.4) is 0 Å². The molecule has 0 radical (unpaired) electrons. The second kappa shape index (κ2) is 10.1. The summed E-state index contributed by atoms with van der Waals surface area (Å²) in [7, 11) is 0. The van der Waals surface area contributed by atoms with E-state index in [2.05, 4.69) is 24.4 Å². The SMILES string of the molecule is CCCC=C1OC(=O)C2=C(c3cccc(O)c3)C3CCC12C1C2=C(CCC31)C(=CCCC1CCNCC1)OC2=O. The molecule has 3 heterocycles. The number of allylic oxidation sites excluding steroid dienone is 5. The number of ether oxygens (including phenoxy) is 2. The van der Waals surface area contributed by atoms with Gasteiger partial charge in [-0.3, -0.25) is 0 Å². The molecule has 1 aromatic rings. The van der Waals surface area contributed by atoms with Gasteiger partial charge in [0.15, 0.2) is 0 Å². The van der Waals surface area contributed by atoms with E-state index in [1.54, 1.807) is 12.1 Å². The summed E-state index contributed by atoms with van der Waals surface area (Å²) in [5.41, 5.74) is 3.82. The number of cyclic esters (lactones) is 2. The summed E-state index contributed by atoms with van der Waals surface area (Å²) < 4.78 is 12.1. The van der Waals surface area contributed by atoms with Gasteiger partial charge < -0.3 is 19.9 Å². The van der Waals surface area contributed by atoms with E-state index < -0.39 is 5.41 Å². The standard InChI is InChI=1S/C34H39NO5/c1-2-3-10-27-34-16-13-23(28(31(34)33(38)40-27)21-7-5-8-22(36)19-21)24-11-12-25-26(39-32(37)29(25)30(24)34)9-4-6-20-14-17-35-18-15-20/h5,7-10,19-20,23-24,30,35-36H,2-4,6,11-18H2,1H3. The Bertz CT molecular complexity index is 1380. The van der Waals surface area contributed by atoms with Crippen molar-refractivity contribution in [2.24, 2.45) is 29.1 Å². The van der Waals surface area contributed by atoms with E-state index in [4.69, 9.17) is 9.47 Å². The lowest BCUT2D eigenvalue weighted by molar-refractivity contribution is -0.135. The molecular weight excluding hydrogens is 502 g/mol. The summed E-state index contributed by atoms with van der Waals surface area (Å²) in [6.45, 7) is 4.30. The largest absolute Gasteiger partial charge is 0.508 e. The minimum Gasteiger partial charge on any atom is -0.508 e. The first-order valence-electron chi connectivity index (χ1n) is 15.4. The highest BCUT2D eigenvalue weighted by atomic mass is 16.5. The van der Waals surface area contributed by atoms with Crippen molar-refractivity contribution in [1.82, 2.24) is 5.32 Å². The zero-order valence-electron chi connectivity index (χ0n) is 23.3. The molecule has 0 amide bonds. The van der Waals surface area contributed by atoms with E-state index >= 15 is 0 Å². The number of piperidine rings is 1. The first kappa shape index (κ1) is 25.8. The lowest BCUT2D eigenvalue weighted by Crippen LogP contribution is -2.52. The molecule has 4 unspecified atom stereocenters. The first-order valence-corrected chi connectivity index (χ1v) is 15.4. The molecule has 8 rings (SSSR count). The molecule has 4 atom stereocenters. The second-order valence-corrected chi connectivity index (χ2v) is 12.5. The number of esters is 2. The van der Waals surface area contributed by atoms with Crippen LogP contribution in [0.4, 0.5) is 0 Å². The molecule has 1 aromatic carbocycles. The number of carbonyl (C=O) groups excluding carboxylic acids is 2. The average molecular weight is 542 g/mol. The number of unbranched alkanes of at least 4 members (excludes halogenated alkanes) is 1. The van der Waals surface area contributed by atoms with Gasteiger partial charge in [0.1, 0.15) is 17.3 Å². The lowest BCUT2D eigenvalue weighted by Gasteiger charge is -2.56. The molecule has 40 heavy (non-hydrogen) atoms. The highest BCUT2D eigenvalue weighted by Gasteiger charge is 2.68. The number of phenolic OH excluding ortho intramolecular Hbond substituents is 1. The summed E-state index contributed by atoms with van der Waals surface area (Å²) in [4.78, 5) is 27.4. The molecule has 4 aliphatic carbocycles. The summed E-state index contributed by atoms with van der Waals surface area (Å²) in [6.07, 6.45) is 14.0. The smallest absolute Gasteiger partial charge is 0.340 e. The maximum absolute atomic E-state index is 13.7. The third-order valence-corrected chi connectivity index (χ3v) is 10.5. The molecule has 2 bridgehead atoms. The summed E-state index contributed by atoms with van der Waals surface area (Å²) in [6, 6.07) is 7.27. The fourth-order valence-corrected chi connectivity index (χ4v) is 8.85. The molecule has 1 spiro atoms. The highest BCUT2D eigenvalue weighted by Crippen LogP contribution is 2.71. The number of rotatable bonds is 6. The Kier molecular flexibility index (Phi) is 6.49. The average Bonchev–Trinajstić information content (AvgIpc) is 3.45. The van der Waals surface area contributed by atoms with Crippen molar-refractivity contribution in [3.8, 4) is 5.75 Å². The van der Waals surface area contributed by atoms with Gasteiger partial charge in [-0.25, -0.2) is 9.59 Å². The molecule has 0 aromatic heterocycles. The van der Waals surface area contributed by atoms with Crippen LogP contribution in [0.1, 0.15) is 76.7 Å². The minimum atomic E-state index is -0.656. The van der Waals surface area contributed by atoms with Crippen molar-refractivity contribution in [3.05, 3.63) is 70.2 Å². The van der Waals surface area contributed by atoms with Crippen LogP contribution in [0.25, 0.3) is 5.57 Å². The van der Waals surface area contributed by atoms with Crippen molar-refractivity contribution in [1.29, 1.82) is 0 Å². The number of hydrogen-bond donors (Lipinski definition) is 2. The number of nitrogens with one attached hydrogen (secondary N) is 1. The Labute approximate surface area is 236 Å². The molecule has 6 heteroatoms. The van der Waals surface area contributed by atoms with E-state index in [-0.39, 0.29) is 35.4 Å². The van der Waals surface area contributed by atoms with Crippen molar-refractivity contribution in [3.63, 3.8) is 0 Å². The molecule has 6 nitrogen and oxygen atoms in total. The van der Waals surface area contributed by atoms with Crippen molar-refractivity contribution >= 4 is 17.5 Å². The van der Waals surface area contributed by atoms with E-state index in [1.165, 1.54) is 12.8 Å². The highest BCUT2D eigenvalue weighted by molar-refractivity contribution is 6.06. The van der Waals surface area contributed by atoms with Gasteiger partial charge >= 0.3 is 11.9 Å². The molecular formula is C34H39NO5. The fraction of sp³-hybridized carbons (Fsp3) is 0.529. The lowest BCUT2D eigenvalue weighted by atomic mass is 9.44. The van der Waals surface area contributed by atoms with Gasteiger partial charge in [0, 0.05) is 17.1 Å². The van der Waals surface area contributed by atoms with Gasteiger partial charge in [-0.05, 0) is 124 Å². The Balaban J connectivity index is 1.33. The van der Waals surface area contributed by atoms with E-state index in [9.17, 15) is 14.7 Å². The topological polar surface area (TPSA) is 84.9 Å². The Morgan fingerprint density at radius 2 is 1.88 bits per heavy atom. The monoisotopic (exact) mass is 541 g/mol. The van der Waals surface area contributed by atoms with Crippen LogP contribution in [0.15, 0.2) is 64.7 Å². The predicted molar refractivity (Wildman–Crippen MR) is 152 cm³/mol. The number of aromatic hydroxyl groups is 1. The Morgan fingerprint density at radius 1 is 1.02 bits per heavy atom. The molecule has 7 aliphatic rings. The number of phenols is 1. The Morgan fingerprint density at radius 3 is 2.67 bits per heavy atom. The van der Waals surface area contributed by atoms with Crippen LogP contribution in [-0.2, 0) is 19.1 Å². The van der Waals surface area contributed by atoms with Gasteiger partial charge in [0.2, 0.25) is 0 Å². The molecule has 3 aliphatic heterocycles. The van der Waals surface area contributed by atoms with Crippen LogP contribution >= 0.6 is 0 Å². The summed E-state index contributed by atoms with van der Waals surface area (Å²) >= 11 is 0. The van der Waals surface area contributed by atoms with Crippen LogP contribution in [0.5, 0.6) is 5.75 Å². The van der Waals surface area contributed by atoms with Gasteiger partial charge in [-0.1, -0.05) is 25.5 Å². The van der Waals surface area contributed by atoms with Gasteiger partial charge in [-0.2, -0.15) is 0 Å². The normalized spacial score (nSPS) is 33.4. The maximum atomic E-state index is 13.7. The third kappa shape index (κ3) is 3.86. The van der Waals surface area contributed by atoms with Gasteiger partial charge in [0.05, 0.1) is 11.0 Å². The molecule has 210 valence electrons. The van der Waals surface area contributed by atoms with Crippen molar-refractivity contribution < 1.29 is 24.2 Å². The maximum Gasteiger partial charge on any atom is 0.340 e. The number of benzene rings is 1. The Hall–Kier alpha value is -3.12. The quantitative estimate of drug-likeness (QED) is 0.409. The fourth-order valence-electron chi connectivity index (χ4n) is 8.85. The first-order chi connectivity index (χ1) is 19.5. The van der Waals surface area contributed by atoms with Crippen LogP contribution in [-0.4, -0.2) is 30.1 Å². The van der Waals surface area contributed by atoms with Crippen LogP contribution in [0.2, 0.25) is 0 Å². The van der Waals surface area contributed by atoms with Crippen molar-refractivity contribution in [2.45, 2.75) is 71.1 Å². The zero-order valence-corrected chi connectivity index (χ0v) is 23.3. The van der Waals surface area contributed by atoms with Crippen LogP contribution < -0.4 is 5.32 Å². The van der Waals surface area contributed by atoms with E-state index in [0.29, 0.717) is 5.57 Å². The molecule has 2 N–H and O–H groups in total. The molecule has 1 saturated carbocycles. The molecule has 3 fully saturated rings. The molecule has 2 saturated heterocycles. The zero-order chi connectivity index (χ0) is 27.4. The predicted octanol–water partition coefficient (Wildman–Crippen LogP) is 6.34. The second-order valence-electron chi connectivity index (χ2n) is 12.5.